The number of rotatable bonds is 7. The van der Waals surface area contributed by atoms with Crippen molar-refractivity contribution in [2.45, 2.75) is 38.7 Å². The Hall–Kier alpha value is -1.75. The second-order valence-electron chi connectivity index (χ2n) is 6.86. The molecular formula is C18H31N3O2. The van der Waals surface area contributed by atoms with Crippen LogP contribution in [0.5, 0.6) is 5.75 Å². The fourth-order valence-electron chi connectivity index (χ4n) is 2.04. The van der Waals surface area contributed by atoms with E-state index in [9.17, 15) is 0 Å². The minimum Gasteiger partial charge on any atom is -0.497 e. The summed E-state index contributed by atoms with van der Waals surface area (Å²) in [6.45, 7) is 9.90. The molecule has 0 saturated carbocycles. The van der Waals surface area contributed by atoms with Crippen LogP contribution in [0.1, 0.15) is 33.3 Å². The lowest BCUT2D eigenvalue weighted by Gasteiger charge is -2.28. The first kappa shape index (κ1) is 19.3. The van der Waals surface area contributed by atoms with Crippen molar-refractivity contribution < 1.29 is 9.47 Å². The maximum absolute atomic E-state index is 5.41. The normalized spacial score (nSPS) is 12.9. The third-order valence-corrected chi connectivity index (χ3v) is 4.01. The molecule has 23 heavy (non-hydrogen) atoms. The summed E-state index contributed by atoms with van der Waals surface area (Å²) in [5.74, 6) is 1.64. The number of guanidine groups is 1. The molecule has 0 unspecified atom stereocenters. The lowest BCUT2D eigenvalue weighted by Crippen LogP contribution is -2.48. The summed E-state index contributed by atoms with van der Waals surface area (Å²) in [6.07, 6.45) is 0. The highest BCUT2D eigenvalue weighted by molar-refractivity contribution is 5.79. The fourth-order valence-corrected chi connectivity index (χ4v) is 2.04. The summed E-state index contributed by atoms with van der Waals surface area (Å²) < 4.78 is 10.7. The van der Waals surface area contributed by atoms with Gasteiger partial charge in [-0.15, -0.1) is 0 Å². The van der Waals surface area contributed by atoms with Gasteiger partial charge in [-0.2, -0.15) is 0 Å². The van der Waals surface area contributed by atoms with Crippen molar-refractivity contribution in [2.75, 3.05) is 34.4 Å². The minimum absolute atomic E-state index is 0.0526. The van der Waals surface area contributed by atoms with E-state index in [1.165, 1.54) is 5.56 Å². The molecule has 130 valence electrons. The number of benzene rings is 1. The summed E-state index contributed by atoms with van der Waals surface area (Å²) in [6, 6.07) is 8.17. The number of hydrogen-bond donors (Lipinski definition) is 2. The minimum atomic E-state index is -0.236. The Morgan fingerprint density at radius 2 is 1.74 bits per heavy atom. The molecule has 5 heteroatoms. The molecule has 1 aromatic carbocycles. The van der Waals surface area contributed by atoms with Crippen LogP contribution in [0.2, 0.25) is 0 Å². The van der Waals surface area contributed by atoms with Gasteiger partial charge >= 0.3 is 0 Å². The zero-order chi connectivity index (χ0) is 17.5. The highest BCUT2D eigenvalue weighted by Gasteiger charge is 2.22. The van der Waals surface area contributed by atoms with Gasteiger partial charge in [-0.3, -0.25) is 4.99 Å². The van der Waals surface area contributed by atoms with Gasteiger partial charge in [-0.05, 0) is 31.5 Å². The third kappa shape index (κ3) is 6.10. The number of methoxy groups -OCH3 is 2. The molecule has 0 atom stereocenters. The van der Waals surface area contributed by atoms with E-state index in [2.05, 4.69) is 41.6 Å². The van der Waals surface area contributed by atoms with E-state index in [0.29, 0.717) is 6.54 Å². The summed E-state index contributed by atoms with van der Waals surface area (Å²) in [7, 11) is 5.17. The first-order valence-electron chi connectivity index (χ1n) is 7.88. The highest BCUT2D eigenvalue weighted by atomic mass is 16.5. The van der Waals surface area contributed by atoms with Crippen LogP contribution in [0.3, 0.4) is 0 Å². The predicted molar refractivity (Wildman–Crippen MR) is 96.5 cm³/mol. The van der Waals surface area contributed by atoms with Crippen molar-refractivity contribution in [3.05, 3.63) is 29.8 Å². The van der Waals surface area contributed by atoms with Gasteiger partial charge in [0, 0.05) is 32.7 Å². The number of ether oxygens (including phenoxy) is 2. The van der Waals surface area contributed by atoms with Crippen molar-refractivity contribution in [3.63, 3.8) is 0 Å². The molecule has 0 amide bonds. The average Bonchev–Trinajstić information content (AvgIpc) is 2.55. The molecule has 0 radical (unpaired) electrons. The fraction of sp³-hybridized carbons (Fsp3) is 0.611. The molecule has 0 aliphatic rings. The van der Waals surface area contributed by atoms with Crippen LogP contribution in [0.4, 0.5) is 0 Å². The van der Waals surface area contributed by atoms with Crippen molar-refractivity contribution in [1.29, 1.82) is 0 Å². The molecule has 1 rings (SSSR count). The molecule has 0 aliphatic heterocycles. The maximum Gasteiger partial charge on any atom is 0.191 e. The quantitative estimate of drug-likeness (QED) is 0.599. The predicted octanol–water partition coefficient (Wildman–Crippen LogP) is 2.56. The van der Waals surface area contributed by atoms with Crippen molar-refractivity contribution >= 4 is 5.96 Å². The maximum atomic E-state index is 5.41. The molecule has 0 bridgehead atoms. The summed E-state index contributed by atoms with van der Waals surface area (Å²) >= 11 is 0. The Bertz CT molecular complexity index is 525. The van der Waals surface area contributed by atoms with Gasteiger partial charge in [-0.25, -0.2) is 0 Å². The lowest BCUT2D eigenvalue weighted by molar-refractivity contribution is 0.0268. The second-order valence-corrected chi connectivity index (χ2v) is 6.86. The molecule has 0 aliphatic carbocycles. The van der Waals surface area contributed by atoms with E-state index < -0.39 is 0 Å². The highest BCUT2D eigenvalue weighted by Crippen LogP contribution is 2.25. The van der Waals surface area contributed by atoms with Crippen LogP contribution < -0.4 is 15.4 Å². The molecule has 1 aromatic rings. The van der Waals surface area contributed by atoms with Crippen molar-refractivity contribution in [3.8, 4) is 5.75 Å². The second kappa shape index (κ2) is 8.20. The number of hydrogen-bond acceptors (Lipinski definition) is 3. The zero-order valence-corrected chi connectivity index (χ0v) is 15.5. The Morgan fingerprint density at radius 3 is 2.30 bits per heavy atom. The van der Waals surface area contributed by atoms with Crippen LogP contribution in [0.25, 0.3) is 0 Å². The first-order valence-corrected chi connectivity index (χ1v) is 7.88. The molecule has 5 nitrogen and oxygen atoms in total. The van der Waals surface area contributed by atoms with Gasteiger partial charge in [0.1, 0.15) is 5.75 Å². The van der Waals surface area contributed by atoms with Crippen LogP contribution in [-0.2, 0) is 10.2 Å². The molecule has 2 N–H and O–H groups in total. The van der Waals surface area contributed by atoms with E-state index in [1.807, 2.05) is 26.0 Å². The smallest absolute Gasteiger partial charge is 0.191 e. The van der Waals surface area contributed by atoms with Gasteiger partial charge in [-0.1, -0.05) is 26.0 Å². The Morgan fingerprint density at radius 1 is 1.09 bits per heavy atom. The lowest BCUT2D eigenvalue weighted by atomic mass is 9.84. The monoisotopic (exact) mass is 321 g/mol. The topological polar surface area (TPSA) is 54.9 Å². The molecule has 0 saturated heterocycles. The molecule has 0 spiro atoms. The van der Waals surface area contributed by atoms with Crippen LogP contribution in [0, 0.1) is 0 Å². The molecule has 0 fully saturated rings. The SMILES string of the molecule is CN=C(NCC(C)(C)OC)NCC(C)(C)c1cccc(OC)c1. The summed E-state index contributed by atoms with van der Waals surface area (Å²) in [5, 5.41) is 6.68. The standard InChI is InChI=1S/C18H31N3O2/c1-17(2,14-9-8-10-15(11-14)22-6)12-20-16(19-5)21-13-18(3,4)23-7/h8-11H,12-13H2,1-7H3,(H2,19,20,21). The van der Waals surface area contributed by atoms with Crippen molar-refractivity contribution in [2.24, 2.45) is 4.99 Å². The Kier molecular flexibility index (Phi) is 6.88. The molecule has 0 heterocycles. The van der Waals surface area contributed by atoms with Crippen molar-refractivity contribution in [1.82, 2.24) is 10.6 Å². The Balaban J connectivity index is 2.66. The van der Waals surface area contributed by atoms with Crippen LogP contribution >= 0.6 is 0 Å². The number of aliphatic imine (C=N–C) groups is 1. The van der Waals surface area contributed by atoms with Gasteiger partial charge in [0.2, 0.25) is 0 Å². The van der Waals surface area contributed by atoms with Gasteiger partial charge in [0.25, 0.3) is 0 Å². The first-order chi connectivity index (χ1) is 10.7. The van der Waals surface area contributed by atoms with E-state index in [-0.39, 0.29) is 11.0 Å². The van der Waals surface area contributed by atoms with Gasteiger partial charge in [0.05, 0.1) is 12.7 Å². The van der Waals surface area contributed by atoms with E-state index >= 15 is 0 Å². The van der Waals surface area contributed by atoms with E-state index in [0.717, 1.165) is 18.3 Å². The molecule has 0 aromatic heterocycles. The zero-order valence-electron chi connectivity index (χ0n) is 15.5. The van der Waals surface area contributed by atoms with E-state index in [1.54, 1.807) is 21.3 Å². The van der Waals surface area contributed by atoms with Gasteiger partial charge in [0.15, 0.2) is 5.96 Å². The summed E-state index contributed by atoms with van der Waals surface area (Å²) in [5.41, 5.74) is 0.931. The number of nitrogens with zero attached hydrogens (tertiary/aromatic N) is 1. The average molecular weight is 321 g/mol. The largest absolute Gasteiger partial charge is 0.497 e. The van der Waals surface area contributed by atoms with E-state index in [4.69, 9.17) is 9.47 Å². The Labute approximate surface area is 140 Å². The third-order valence-electron chi connectivity index (χ3n) is 4.01. The van der Waals surface area contributed by atoms with Gasteiger partial charge < -0.3 is 20.1 Å². The van der Waals surface area contributed by atoms with Crippen LogP contribution in [-0.4, -0.2) is 45.9 Å². The molecular weight excluding hydrogens is 290 g/mol. The number of nitrogens with one attached hydrogen (secondary N) is 2. The van der Waals surface area contributed by atoms with Crippen LogP contribution in [0.15, 0.2) is 29.3 Å². The summed E-state index contributed by atoms with van der Waals surface area (Å²) in [4.78, 5) is 4.27.